The van der Waals surface area contributed by atoms with Crippen LogP contribution in [0.5, 0.6) is 0 Å². The molecule has 0 aromatic heterocycles. The lowest BCUT2D eigenvalue weighted by molar-refractivity contribution is -0.122. The SMILES string of the molecule is CC(C)(C)C(N)CC(=O)NCC1CC1. The molecule has 1 amide bonds. The van der Waals surface area contributed by atoms with Crippen LogP contribution in [-0.4, -0.2) is 18.5 Å². The van der Waals surface area contributed by atoms with E-state index in [1.807, 2.05) is 0 Å². The molecule has 1 rings (SSSR count). The maximum absolute atomic E-state index is 11.4. The first kappa shape index (κ1) is 11.5. The topological polar surface area (TPSA) is 55.1 Å². The van der Waals surface area contributed by atoms with Gasteiger partial charge in [0.05, 0.1) is 0 Å². The van der Waals surface area contributed by atoms with Crippen LogP contribution in [0.3, 0.4) is 0 Å². The quantitative estimate of drug-likeness (QED) is 0.715. The Kier molecular flexibility index (Phi) is 3.53. The summed E-state index contributed by atoms with van der Waals surface area (Å²) in [6.45, 7) is 7.03. The van der Waals surface area contributed by atoms with Crippen molar-refractivity contribution < 1.29 is 4.79 Å². The standard InChI is InChI=1S/C11H22N2O/c1-11(2,3)9(12)6-10(14)13-7-8-4-5-8/h8-9H,4-7,12H2,1-3H3,(H,13,14). The average molecular weight is 198 g/mol. The van der Waals surface area contributed by atoms with E-state index in [-0.39, 0.29) is 17.4 Å². The van der Waals surface area contributed by atoms with Crippen LogP contribution < -0.4 is 11.1 Å². The van der Waals surface area contributed by atoms with Gasteiger partial charge in [-0.3, -0.25) is 4.79 Å². The highest BCUT2D eigenvalue weighted by Crippen LogP contribution is 2.27. The number of amides is 1. The van der Waals surface area contributed by atoms with E-state index in [0.29, 0.717) is 6.42 Å². The van der Waals surface area contributed by atoms with E-state index in [9.17, 15) is 4.79 Å². The minimum absolute atomic E-state index is 0.0108. The molecular weight excluding hydrogens is 176 g/mol. The fourth-order valence-electron chi connectivity index (χ4n) is 1.16. The van der Waals surface area contributed by atoms with Gasteiger partial charge in [-0.2, -0.15) is 0 Å². The number of carbonyl (C=O) groups is 1. The Morgan fingerprint density at radius 2 is 2.07 bits per heavy atom. The predicted octanol–water partition coefficient (Wildman–Crippen LogP) is 1.28. The van der Waals surface area contributed by atoms with Crippen molar-refractivity contribution in [3.63, 3.8) is 0 Å². The van der Waals surface area contributed by atoms with Crippen LogP contribution in [0, 0.1) is 11.3 Å². The van der Waals surface area contributed by atoms with Gasteiger partial charge in [0.1, 0.15) is 0 Å². The van der Waals surface area contributed by atoms with Crippen LogP contribution >= 0.6 is 0 Å². The van der Waals surface area contributed by atoms with Crippen molar-refractivity contribution in [3.05, 3.63) is 0 Å². The van der Waals surface area contributed by atoms with Crippen LogP contribution in [0.25, 0.3) is 0 Å². The molecule has 14 heavy (non-hydrogen) atoms. The molecule has 0 aromatic carbocycles. The third-order valence-electron chi connectivity index (χ3n) is 2.80. The van der Waals surface area contributed by atoms with Gasteiger partial charge in [0.2, 0.25) is 5.91 Å². The zero-order valence-electron chi connectivity index (χ0n) is 9.47. The molecule has 82 valence electrons. The fourth-order valence-corrected chi connectivity index (χ4v) is 1.16. The minimum atomic E-state index is -0.0540. The molecule has 1 saturated carbocycles. The number of hydrogen-bond acceptors (Lipinski definition) is 2. The zero-order valence-corrected chi connectivity index (χ0v) is 9.47. The molecule has 1 atom stereocenters. The highest BCUT2D eigenvalue weighted by Gasteiger charge is 2.25. The summed E-state index contributed by atoms with van der Waals surface area (Å²) < 4.78 is 0. The van der Waals surface area contributed by atoms with Crippen LogP contribution in [-0.2, 0) is 4.79 Å². The summed E-state index contributed by atoms with van der Waals surface area (Å²) in [6.07, 6.45) is 2.98. The molecule has 0 saturated heterocycles. The van der Waals surface area contributed by atoms with Gasteiger partial charge < -0.3 is 11.1 Å². The van der Waals surface area contributed by atoms with Gasteiger partial charge in [-0.15, -0.1) is 0 Å². The predicted molar refractivity (Wildman–Crippen MR) is 57.8 cm³/mol. The number of carbonyl (C=O) groups excluding carboxylic acids is 1. The van der Waals surface area contributed by atoms with E-state index >= 15 is 0 Å². The van der Waals surface area contributed by atoms with Gasteiger partial charge in [0, 0.05) is 19.0 Å². The van der Waals surface area contributed by atoms with Gasteiger partial charge in [-0.05, 0) is 24.2 Å². The highest BCUT2D eigenvalue weighted by atomic mass is 16.1. The average Bonchev–Trinajstić information content (AvgIpc) is 2.81. The molecule has 1 aliphatic carbocycles. The maximum Gasteiger partial charge on any atom is 0.221 e. The molecule has 1 aliphatic rings. The Morgan fingerprint density at radius 1 is 1.50 bits per heavy atom. The lowest BCUT2D eigenvalue weighted by atomic mass is 9.85. The van der Waals surface area contributed by atoms with Crippen molar-refractivity contribution in [1.82, 2.24) is 5.32 Å². The van der Waals surface area contributed by atoms with Crippen LogP contribution in [0.15, 0.2) is 0 Å². The highest BCUT2D eigenvalue weighted by molar-refractivity contribution is 5.76. The van der Waals surface area contributed by atoms with E-state index in [1.54, 1.807) is 0 Å². The van der Waals surface area contributed by atoms with E-state index in [2.05, 4.69) is 26.1 Å². The van der Waals surface area contributed by atoms with Crippen LogP contribution in [0.1, 0.15) is 40.0 Å². The molecule has 3 N–H and O–H groups in total. The number of nitrogens with one attached hydrogen (secondary N) is 1. The van der Waals surface area contributed by atoms with E-state index in [0.717, 1.165) is 12.5 Å². The summed E-state index contributed by atoms with van der Waals surface area (Å²) in [5.74, 6) is 0.837. The fraction of sp³-hybridized carbons (Fsp3) is 0.909. The van der Waals surface area contributed by atoms with Crippen molar-refractivity contribution in [3.8, 4) is 0 Å². The van der Waals surface area contributed by atoms with Crippen molar-refractivity contribution in [2.45, 2.75) is 46.1 Å². The number of hydrogen-bond donors (Lipinski definition) is 2. The third-order valence-corrected chi connectivity index (χ3v) is 2.80. The largest absolute Gasteiger partial charge is 0.356 e. The van der Waals surface area contributed by atoms with Crippen molar-refractivity contribution in [2.24, 2.45) is 17.1 Å². The first-order chi connectivity index (χ1) is 6.39. The first-order valence-corrected chi connectivity index (χ1v) is 5.42. The zero-order chi connectivity index (χ0) is 10.8. The van der Waals surface area contributed by atoms with Crippen LogP contribution in [0.4, 0.5) is 0 Å². The molecule has 0 bridgehead atoms. The number of rotatable bonds is 4. The normalized spacial score (nSPS) is 19.1. The van der Waals surface area contributed by atoms with Gasteiger partial charge in [-0.1, -0.05) is 20.8 Å². The Bertz CT molecular complexity index is 204. The summed E-state index contributed by atoms with van der Waals surface area (Å²) in [5.41, 5.74) is 5.92. The first-order valence-electron chi connectivity index (χ1n) is 5.42. The Balaban J connectivity index is 2.18. The molecule has 0 radical (unpaired) electrons. The van der Waals surface area contributed by atoms with Crippen LogP contribution in [0.2, 0.25) is 0 Å². The molecule has 0 heterocycles. The molecule has 1 fully saturated rings. The minimum Gasteiger partial charge on any atom is -0.356 e. The molecular formula is C11H22N2O. The monoisotopic (exact) mass is 198 g/mol. The van der Waals surface area contributed by atoms with Gasteiger partial charge >= 0.3 is 0 Å². The lowest BCUT2D eigenvalue weighted by Crippen LogP contribution is -2.40. The Morgan fingerprint density at radius 3 is 2.50 bits per heavy atom. The smallest absolute Gasteiger partial charge is 0.221 e. The molecule has 0 aromatic rings. The van der Waals surface area contributed by atoms with Gasteiger partial charge in [-0.25, -0.2) is 0 Å². The summed E-state index contributed by atoms with van der Waals surface area (Å²) >= 11 is 0. The second-order valence-electron chi connectivity index (χ2n) is 5.42. The van der Waals surface area contributed by atoms with E-state index in [1.165, 1.54) is 12.8 Å². The molecule has 0 spiro atoms. The van der Waals surface area contributed by atoms with E-state index in [4.69, 9.17) is 5.73 Å². The third kappa shape index (κ3) is 4.09. The Labute approximate surface area is 86.4 Å². The second-order valence-corrected chi connectivity index (χ2v) is 5.42. The number of nitrogens with two attached hydrogens (primary N) is 1. The molecule has 1 unspecified atom stereocenters. The molecule has 0 aliphatic heterocycles. The summed E-state index contributed by atoms with van der Waals surface area (Å²) in [5, 5.41) is 2.93. The van der Waals surface area contributed by atoms with E-state index < -0.39 is 0 Å². The lowest BCUT2D eigenvalue weighted by Gasteiger charge is -2.26. The summed E-state index contributed by atoms with van der Waals surface area (Å²) in [7, 11) is 0. The van der Waals surface area contributed by atoms with Crippen molar-refractivity contribution in [1.29, 1.82) is 0 Å². The van der Waals surface area contributed by atoms with Crippen molar-refractivity contribution in [2.75, 3.05) is 6.54 Å². The Hall–Kier alpha value is -0.570. The van der Waals surface area contributed by atoms with Gasteiger partial charge in [0.15, 0.2) is 0 Å². The van der Waals surface area contributed by atoms with Crippen molar-refractivity contribution >= 4 is 5.91 Å². The summed E-state index contributed by atoms with van der Waals surface area (Å²) in [6, 6.07) is -0.0540. The molecule has 3 heteroatoms. The molecule has 3 nitrogen and oxygen atoms in total. The summed E-state index contributed by atoms with van der Waals surface area (Å²) in [4.78, 5) is 11.4. The second kappa shape index (κ2) is 4.30. The van der Waals surface area contributed by atoms with Gasteiger partial charge in [0.25, 0.3) is 0 Å². The maximum atomic E-state index is 11.4.